The van der Waals surface area contributed by atoms with Gasteiger partial charge in [-0.2, -0.15) is 0 Å². The van der Waals surface area contributed by atoms with Crippen molar-refractivity contribution in [2.45, 2.75) is 0 Å². The lowest BCUT2D eigenvalue weighted by atomic mass is 11.6. The zero-order valence-corrected chi connectivity index (χ0v) is 11.9. The van der Waals surface area contributed by atoms with E-state index in [-0.39, 0.29) is 6.15 Å². The van der Waals surface area contributed by atoms with E-state index in [1.54, 1.807) is 0 Å². The highest BCUT2D eigenvalue weighted by molar-refractivity contribution is 7.48. The van der Waals surface area contributed by atoms with Crippen LogP contribution in [0.5, 0.6) is 0 Å². The van der Waals surface area contributed by atoms with Gasteiger partial charge in [0.25, 0.3) is 0 Å². The summed E-state index contributed by atoms with van der Waals surface area (Å²) in [6, 6.07) is 0. The van der Waals surface area contributed by atoms with Crippen LogP contribution in [0.3, 0.4) is 0 Å². The van der Waals surface area contributed by atoms with E-state index < -0.39 is 43.8 Å². The molecule has 0 aromatic carbocycles. The quantitative estimate of drug-likeness (QED) is 0.440. The van der Waals surface area contributed by atoms with Crippen LogP contribution in [0, 0.1) is 0 Å². The van der Waals surface area contributed by atoms with Crippen molar-refractivity contribution >= 4 is 23.5 Å². The summed E-state index contributed by atoms with van der Waals surface area (Å²) in [7, 11) is -14.0. The summed E-state index contributed by atoms with van der Waals surface area (Å²) in [4.78, 5) is 26.8. The lowest BCUT2D eigenvalue weighted by molar-refractivity contribution is -0.0246. The molecule has 1 rings (SSSR count). The first-order valence-electron chi connectivity index (χ1n) is 3.98. The van der Waals surface area contributed by atoms with Crippen molar-refractivity contribution in [3.05, 3.63) is 0 Å². The Morgan fingerprint density at radius 1 is 0.579 bits per heavy atom. The van der Waals surface area contributed by atoms with Crippen LogP contribution in [-0.4, -0.2) is 35.1 Å². The topological polar surface area (TPSA) is 202 Å². The molecule has 1 heterocycles. The lowest BCUT2D eigenvalue weighted by Crippen LogP contribution is -2.08. The maximum atomic E-state index is 11.0. The van der Waals surface area contributed by atoms with E-state index in [9.17, 15) is 13.7 Å². The number of rotatable bonds is 0. The van der Waals surface area contributed by atoms with E-state index >= 15 is 0 Å². The van der Waals surface area contributed by atoms with E-state index in [2.05, 4.69) is 27.1 Å². The molecule has 19 heavy (non-hydrogen) atoms. The Morgan fingerprint density at radius 3 is 0.895 bits per heavy atom. The maximum Gasteiger partial charge on any atom is 0.476 e. The van der Waals surface area contributed by atoms with E-state index in [0.717, 1.165) is 0 Å². The highest BCUT2D eigenvalue weighted by atomic mass is 31.2. The summed E-state index contributed by atoms with van der Waals surface area (Å²) in [5, 5.41) is 0. The fourth-order valence-electron chi connectivity index (χ4n) is 0.582. The monoisotopic (exact) mass is 347 g/mol. The molecule has 0 aromatic rings. The second-order valence-electron chi connectivity index (χ2n) is 2.53. The standard InChI is InChI=1S/C3H9O12P3.H3N/c4-16(5)10-1-11-17(6,7)13-3-15-18(8,9)14-2-12-16;/h1-3H2,(H,4,5)(H,6,7)(H,8,9);1H3. The average Bonchev–Trinajstić information content (AvgIpc) is 2.13. The van der Waals surface area contributed by atoms with Crippen LogP contribution in [0.25, 0.3) is 0 Å². The van der Waals surface area contributed by atoms with E-state index in [0.29, 0.717) is 0 Å². The number of hydrogen-bond acceptors (Lipinski definition) is 10. The van der Waals surface area contributed by atoms with Crippen LogP contribution in [0.4, 0.5) is 0 Å². The summed E-state index contributed by atoms with van der Waals surface area (Å²) in [5.74, 6) is 0. The number of phosphoric acid groups is 3. The Balaban J connectivity index is 0.00000324. The minimum absolute atomic E-state index is 0. The molecule has 6 N–H and O–H groups in total. The third-order valence-corrected chi connectivity index (χ3v) is 3.89. The molecule has 0 spiro atoms. The molecule has 1 aliphatic heterocycles. The highest BCUT2D eigenvalue weighted by Gasteiger charge is 2.31. The molecule has 1 aliphatic rings. The molecular weight excluding hydrogens is 335 g/mol. The Bertz CT molecular complexity index is 337. The fraction of sp³-hybridized carbons (Fsp3) is 1.00. The van der Waals surface area contributed by atoms with Crippen LogP contribution < -0.4 is 6.15 Å². The van der Waals surface area contributed by atoms with Gasteiger partial charge in [0.15, 0.2) is 20.4 Å². The van der Waals surface area contributed by atoms with Crippen molar-refractivity contribution in [2.75, 3.05) is 20.4 Å². The maximum absolute atomic E-state index is 11.0. The third kappa shape index (κ3) is 8.23. The third-order valence-electron chi connectivity index (χ3n) is 1.30. The van der Waals surface area contributed by atoms with Crippen LogP contribution in [0.2, 0.25) is 0 Å². The van der Waals surface area contributed by atoms with Gasteiger partial charge in [0.1, 0.15) is 0 Å². The molecule has 16 heteroatoms. The summed E-state index contributed by atoms with van der Waals surface area (Å²) >= 11 is 0. The molecule has 0 radical (unpaired) electrons. The summed E-state index contributed by atoms with van der Waals surface area (Å²) in [6.45, 7) is -3.30. The Labute approximate surface area is 106 Å². The van der Waals surface area contributed by atoms with Crippen LogP contribution in [0.1, 0.15) is 0 Å². The summed E-state index contributed by atoms with van der Waals surface area (Å²) < 4.78 is 57.5. The minimum Gasteiger partial charge on any atom is -0.344 e. The molecule has 0 atom stereocenters. The summed E-state index contributed by atoms with van der Waals surface area (Å²) in [5.41, 5.74) is 0. The first-order valence-corrected chi connectivity index (χ1v) is 8.46. The Morgan fingerprint density at radius 2 is 0.737 bits per heavy atom. The van der Waals surface area contributed by atoms with Gasteiger partial charge in [-0.15, -0.1) is 0 Å². The predicted molar refractivity (Wildman–Crippen MR) is 55.6 cm³/mol. The largest absolute Gasteiger partial charge is 0.476 e. The summed E-state index contributed by atoms with van der Waals surface area (Å²) in [6.07, 6.45) is 0. The van der Waals surface area contributed by atoms with Gasteiger partial charge < -0.3 is 20.8 Å². The lowest BCUT2D eigenvalue weighted by Gasteiger charge is -2.18. The molecule has 0 unspecified atom stereocenters. The van der Waals surface area contributed by atoms with Crippen molar-refractivity contribution in [1.82, 2.24) is 6.15 Å². The minimum atomic E-state index is -4.68. The van der Waals surface area contributed by atoms with Gasteiger partial charge in [-0.25, -0.2) is 13.7 Å². The first kappa shape index (κ1) is 19.3. The van der Waals surface area contributed by atoms with E-state index in [4.69, 9.17) is 14.7 Å². The smallest absolute Gasteiger partial charge is 0.344 e. The van der Waals surface area contributed by atoms with Gasteiger partial charge in [0.2, 0.25) is 0 Å². The molecule has 1 fully saturated rings. The van der Waals surface area contributed by atoms with Crippen LogP contribution in [-0.2, 0) is 40.8 Å². The van der Waals surface area contributed by atoms with Gasteiger partial charge in [-0.1, -0.05) is 0 Å². The molecule has 116 valence electrons. The number of hydrogen-bond donors (Lipinski definition) is 4. The zero-order chi connectivity index (χ0) is 13.9. The first-order chi connectivity index (χ1) is 8.12. The molecule has 0 saturated carbocycles. The number of phosphoric ester groups is 3. The fourth-order valence-corrected chi connectivity index (χ4v) is 2.17. The zero-order valence-electron chi connectivity index (χ0n) is 9.19. The van der Waals surface area contributed by atoms with Crippen molar-refractivity contribution < 1.29 is 55.5 Å². The van der Waals surface area contributed by atoms with Crippen LogP contribution in [0.15, 0.2) is 0 Å². The van der Waals surface area contributed by atoms with Crippen molar-refractivity contribution in [3.63, 3.8) is 0 Å². The van der Waals surface area contributed by atoms with Gasteiger partial charge in [-0.05, 0) is 0 Å². The van der Waals surface area contributed by atoms with E-state index in [1.807, 2.05) is 0 Å². The molecule has 0 amide bonds. The molecular formula is C3H12NO12P3. The van der Waals surface area contributed by atoms with E-state index in [1.165, 1.54) is 0 Å². The predicted octanol–water partition coefficient (Wildman–Crippen LogP) is 0.435. The molecule has 1 saturated heterocycles. The Kier molecular flexibility index (Phi) is 7.45. The second kappa shape index (κ2) is 7.34. The van der Waals surface area contributed by atoms with Gasteiger partial charge in [0.05, 0.1) is 0 Å². The van der Waals surface area contributed by atoms with Crippen molar-refractivity contribution in [3.8, 4) is 0 Å². The van der Waals surface area contributed by atoms with Crippen LogP contribution >= 0.6 is 23.5 Å². The molecule has 13 nitrogen and oxygen atoms in total. The van der Waals surface area contributed by atoms with Crippen molar-refractivity contribution in [2.24, 2.45) is 0 Å². The van der Waals surface area contributed by atoms with Gasteiger partial charge >= 0.3 is 23.5 Å². The molecule has 0 bridgehead atoms. The SMILES string of the molecule is N.O=P1(O)OCOP(=O)(O)OCOP(=O)(O)OCO1. The van der Waals surface area contributed by atoms with Gasteiger partial charge in [0, 0.05) is 0 Å². The molecule has 0 aromatic heterocycles. The average molecular weight is 347 g/mol. The highest BCUT2D eigenvalue weighted by Crippen LogP contribution is 2.51. The molecule has 0 aliphatic carbocycles. The Hall–Kier alpha value is 0.290. The van der Waals surface area contributed by atoms with Crippen molar-refractivity contribution in [1.29, 1.82) is 0 Å². The second-order valence-corrected chi connectivity index (χ2v) is 6.89. The normalized spacial score (nSPS) is 42.5. The van der Waals surface area contributed by atoms with Gasteiger partial charge in [-0.3, -0.25) is 27.1 Å².